The van der Waals surface area contributed by atoms with Gasteiger partial charge in [0.2, 0.25) is 5.95 Å². The molecule has 32 heavy (non-hydrogen) atoms. The van der Waals surface area contributed by atoms with Crippen LogP contribution in [0.25, 0.3) is 0 Å². The second-order valence-electron chi connectivity index (χ2n) is 7.75. The molecule has 1 saturated heterocycles. The number of carbonyl (C=O) groups is 1. The van der Waals surface area contributed by atoms with Crippen molar-refractivity contribution in [1.29, 1.82) is 0 Å². The summed E-state index contributed by atoms with van der Waals surface area (Å²) in [5.41, 5.74) is 1.76. The number of nitrogens with one attached hydrogen (secondary N) is 2. The maximum Gasteiger partial charge on any atom is 0.261 e. The van der Waals surface area contributed by atoms with E-state index in [4.69, 9.17) is 0 Å². The first-order valence-electron chi connectivity index (χ1n) is 10.4. The monoisotopic (exact) mass is 451 g/mol. The summed E-state index contributed by atoms with van der Waals surface area (Å²) in [4.78, 5) is 23.4. The van der Waals surface area contributed by atoms with E-state index >= 15 is 0 Å². The summed E-state index contributed by atoms with van der Waals surface area (Å²) in [6.07, 6.45) is 5.19. The minimum atomic E-state index is -3.75. The molecule has 4 rings (SSSR count). The van der Waals surface area contributed by atoms with E-state index in [1.165, 1.54) is 24.3 Å². The largest absolute Gasteiger partial charge is 0.348 e. The van der Waals surface area contributed by atoms with Gasteiger partial charge in [-0.1, -0.05) is 18.2 Å². The van der Waals surface area contributed by atoms with E-state index in [-0.39, 0.29) is 16.8 Å². The van der Waals surface area contributed by atoms with Crippen LogP contribution in [0.4, 0.5) is 11.6 Å². The molecule has 9 heteroatoms. The maximum absolute atomic E-state index is 12.7. The summed E-state index contributed by atoms with van der Waals surface area (Å²) in [5, 5.41) is 3.04. The third-order valence-electron chi connectivity index (χ3n) is 5.41. The summed E-state index contributed by atoms with van der Waals surface area (Å²) in [6.45, 7) is 3.31. The van der Waals surface area contributed by atoms with Gasteiger partial charge in [0, 0.05) is 37.1 Å². The molecular formula is C23H25N5O3S. The van der Waals surface area contributed by atoms with Gasteiger partial charge < -0.3 is 10.2 Å². The minimum absolute atomic E-state index is 0.0359. The summed E-state index contributed by atoms with van der Waals surface area (Å²) in [7, 11) is -3.75. The van der Waals surface area contributed by atoms with Gasteiger partial charge in [0.1, 0.15) is 0 Å². The van der Waals surface area contributed by atoms with Gasteiger partial charge in [-0.3, -0.25) is 9.52 Å². The van der Waals surface area contributed by atoms with Crippen molar-refractivity contribution in [3.63, 3.8) is 0 Å². The highest BCUT2D eigenvalue weighted by molar-refractivity contribution is 7.92. The van der Waals surface area contributed by atoms with Crippen LogP contribution in [-0.2, 0) is 10.0 Å². The quantitative estimate of drug-likeness (QED) is 0.597. The average Bonchev–Trinajstić information content (AvgIpc) is 2.81. The number of amides is 1. The molecule has 1 aliphatic rings. The van der Waals surface area contributed by atoms with Crippen molar-refractivity contribution in [2.45, 2.75) is 30.7 Å². The molecule has 3 aromatic rings. The summed E-state index contributed by atoms with van der Waals surface area (Å²) in [5.74, 6) is 0.420. The molecule has 0 saturated carbocycles. The van der Waals surface area contributed by atoms with E-state index in [1.807, 2.05) is 19.1 Å². The Hall–Kier alpha value is -3.46. The van der Waals surface area contributed by atoms with Crippen LogP contribution in [-0.4, -0.2) is 43.4 Å². The van der Waals surface area contributed by atoms with E-state index in [1.54, 1.807) is 30.6 Å². The number of para-hydroxylation sites is 1. The van der Waals surface area contributed by atoms with Gasteiger partial charge in [-0.25, -0.2) is 18.4 Å². The summed E-state index contributed by atoms with van der Waals surface area (Å²) in [6, 6.07) is 14.9. The zero-order valence-corrected chi connectivity index (χ0v) is 18.5. The fraction of sp³-hybridized carbons (Fsp3) is 0.261. The predicted octanol–water partition coefficient (Wildman–Crippen LogP) is 2.98. The SMILES string of the molecule is Cc1ccccc1NS(=O)(=O)c1ccc(C(=O)NC2CCCN(c3ncccn3)C2)cc1. The smallest absolute Gasteiger partial charge is 0.261 e. The third kappa shape index (κ3) is 5.05. The lowest BCUT2D eigenvalue weighted by atomic mass is 10.1. The molecule has 0 radical (unpaired) electrons. The second-order valence-corrected chi connectivity index (χ2v) is 9.43. The molecule has 1 atom stereocenters. The van der Waals surface area contributed by atoms with Crippen LogP contribution < -0.4 is 14.9 Å². The van der Waals surface area contributed by atoms with Gasteiger partial charge in [0.15, 0.2) is 0 Å². The van der Waals surface area contributed by atoms with Crippen LogP contribution >= 0.6 is 0 Å². The highest BCUT2D eigenvalue weighted by Crippen LogP contribution is 2.20. The van der Waals surface area contributed by atoms with Crippen LogP contribution in [0.3, 0.4) is 0 Å². The Morgan fingerprint density at radius 2 is 1.75 bits per heavy atom. The minimum Gasteiger partial charge on any atom is -0.348 e. The Kier molecular flexibility index (Phi) is 6.36. The van der Waals surface area contributed by atoms with Gasteiger partial charge in [0.05, 0.1) is 10.6 Å². The molecule has 8 nitrogen and oxygen atoms in total. The first-order valence-corrected chi connectivity index (χ1v) is 11.9. The van der Waals surface area contributed by atoms with Crippen molar-refractivity contribution in [2.75, 3.05) is 22.7 Å². The Labute approximate surface area is 187 Å². The Balaban J connectivity index is 1.40. The average molecular weight is 452 g/mol. The van der Waals surface area contributed by atoms with Crippen molar-refractivity contribution in [3.05, 3.63) is 78.1 Å². The Morgan fingerprint density at radius 3 is 2.47 bits per heavy atom. The van der Waals surface area contributed by atoms with Gasteiger partial charge >= 0.3 is 0 Å². The molecule has 0 bridgehead atoms. The molecule has 0 spiro atoms. The van der Waals surface area contributed by atoms with Gasteiger partial charge in [0.25, 0.3) is 15.9 Å². The van der Waals surface area contributed by atoms with Crippen LogP contribution in [0.15, 0.2) is 71.9 Å². The zero-order valence-electron chi connectivity index (χ0n) is 17.7. The molecule has 2 N–H and O–H groups in total. The number of aryl methyl sites for hydroxylation is 1. The number of sulfonamides is 1. The number of hydrogen-bond donors (Lipinski definition) is 2. The number of hydrogen-bond acceptors (Lipinski definition) is 6. The van der Waals surface area contributed by atoms with Gasteiger partial charge in [-0.2, -0.15) is 0 Å². The van der Waals surface area contributed by atoms with E-state index in [9.17, 15) is 13.2 Å². The summed E-state index contributed by atoms with van der Waals surface area (Å²) < 4.78 is 28.0. The number of rotatable bonds is 6. The second kappa shape index (κ2) is 9.35. The van der Waals surface area contributed by atoms with Crippen molar-refractivity contribution in [3.8, 4) is 0 Å². The molecule has 1 aromatic heterocycles. The normalized spacial score (nSPS) is 16.4. The number of carbonyl (C=O) groups excluding carboxylic acids is 1. The zero-order chi connectivity index (χ0) is 22.6. The molecule has 1 amide bonds. The number of anilines is 2. The lowest BCUT2D eigenvalue weighted by Gasteiger charge is -2.33. The molecule has 2 heterocycles. The summed E-state index contributed by atoms with van der Waals surface area (Å²) >= 11 is 0. The predicted molar refractivity (Wildman–Crippen MR) is 123 cm³/mol. The van der Waals surface area contributed by atoms with E-state index in [0.29, 0.717) is 23.7 Å². The van der Waals surface area contributed by atoms with Crippen molar-refractivity contribution >= 4 is 27.6 Å². The highest BCUT2D eigenvalue weighted by Gasteiger charge is 2.24. The van der Waals surface area contributed by atoms with E-state index < -0.39 is 10.0 Å². The molecule has 0 aliphatic carbocycles. The van der Waals surface area contributed by atoms with Crippen LogP contribution in [0.1, 0.15) is 28.8 Å². The van der Waals surface area contributed by atoms with Gasteiger partial charge in [-0.05, 0) is 61.7 Å². The number of aromatic nitrogens is 2. The highest BCUT2D eigenvalue weighted by atomic mass is 32.2. The third-order valence-corrected chi connectivity index (χ3v) is 6.79. The van der Waals surface area contributed by atoms with Crippen molar-refractivity contribution < 1.29 is 13.2 Å². The lowest BCUT2D eigenvalue weighted by Crippen LogP contribution is -2.48. The molecule has 2 aromatic carbocycles. The molecule has 1 aliphatic heterocycles. The molecule has 166 valence electrons. The van der Waals surface area contributed by atoms with Crippen LogP contribution in [0.5, 0.6) is 0 Å². The molecular weight excluding hydrogens is 426 g/mol. The standard InChI is InChI=1S/C23H25N5O3S/c1-17-6-2-3-8-21(17)27-32(30,31)20-11-9-18(10-12-20)22(29)26-19-7-4-15-28(16-19)23-24-13-5-14-25-23/h2-3,5-6,8-14,19,27H,4,7,15-16H2,1H3,(H,26,29). The fourth-order valence-electron chi connectivity index (χ4n) is 3.68. The topological polar surface area (TPSA) is 104 Å². The Morgan fingerprint density at radius 1 is 1.03 bits per heavy atom. The number of piperidine rings is 1. The van der Waals surface area contributed by atoms with Gasteiger partial charge in [-0.15, -0.1) is 0 Å². The Bertz CT molecular complexity index is 1180. The first-order chi connectivity index (χ1) is 15.4. The van der Waals surface area contributed by atoms with Crippen molar-refractivity contribution in [1.82, 2.24) is 15.3 Å². The lowest BCUT2D eigenvalue weighted by molar-refractivity contribution is 0.0933. The maximum atomic E-state index is 12.7. The van der Waals surface area contributed by atoms with E-state index in [2.05, 4.69) is 24.9 Å². The molecule has 1 fully saturated rings. The number of benzene rings is 2. The molecule has 1 unspecified atom stereocenters. The van der Waals surface area contributed by atoms with Crippen LogP contribution in [0.2, 0.25) is 0 Å². The van der Waals surface area contributed by atoms with Crippen molar-refractivity contribution in [2.24, 2.45) is 0 Å². The number of nitrogens with zero attached hydrogens (tertiary/aromatic N) is 3. The first kappa shape index (κ1) is 21.8. The van der Waals surface area contributed by atoms with Crippen LogP contribution in [0, 0.1) is 6.92 Å². The fourth-order valence-corrected chi connectivity index (χ4v) is 4.81. The van der Waals surface area contributed by atoms with E-state index in [0.717, 1.165) is 24.9 Å².